The number of para-hydroxylation sites is 1. The fourth-order valence-electron chi connectivity index (χ4n) is 2.87. The predicted octanol–water partition coefficient (Wildman–Crippen LogP) is 3.54. The number of nitrogens with two attached hydrogens (primary N) is 1. The lowest BCUT2D eigenvalue weighted by Crippen LogP contribution is -2.33. The maximum Gasteiger partial charge on any atom is 0.239 e. The summed E-state index contributed by atoms with van der Waals surface area (Å²) in [5.41, 5.74) is 9.11. The number of nitrogen functional groups attached to an aromatic ring is 1. The van der Waals surface area contributed by atoms with Crippen LogP contribution >= 0.6 is 0 Å². The van der Waals surface area contributed by atoms with Gasteiger partial charge in [0.05, 0.1) is 12.3 Å². The lowest BCUT2D eigenvalue weighted by Gasteiger charge is -2.36. The predicted molar refractivity (Wildman–Crippen MR) is 86.2 cm³/mol. The van der Waals surface area contributed by atoms with E-state index >= 15 is 0 Å². The van der Waals surface area contributed by atoms with Crippen molar-refractivity contribution in [2.24, 2.45) is 0 Å². The first-order chi connectivity index (χ1) is 10.2. The molecular formula is C17H21N3O. The molecule has 0 radical (unpaired) electrons. The van der Waals surface area contributed by atoms with Gasteiger partial charge >= 0.3 is 0 Å². The number of rotatable bonds is 3. The first-order valence-corrected chi connectivity index (χ1v) is 7.47. The third-order valence-electron chi connectivity index (χ3n) is 3.93. The molecule has 2 N–H and O–H groups in total. The second-order valence-corrected chi connectivity index (χ2v) is 5.38. The Bertz CT molecular complexity index is 642. The van der Waals surface area contributed by atoms with Crippen molar-refractivity contribution < 1.29 is 4.74 Å². The van der Waals surface area contributed by atoms with Crippen LogP contribution in [0.25, 0.3) is 0 Å². The third kappa shape index (κ3) is 2.53. The number of anilines is 3. The molecule has 3 rings (SSSR count). The van der Waals surface area contributed by atoms with Gasteiger partial charge in [0.2, 0.25) is 5.88 Å². The van der Waals surface area contributed by atoms with E-state index < -0.39 is 0 Å². The van der Waals surface area contributed by atoms with Crippen molar-refractivity contribution in [1.82, 2.24) is 4.98 Å². The largest absolute Gasteiger partial charge is 0.476 e. The summed E-state index contributed by atoms with van der Waals surface area (Å²) in [5, 5.41) is 0. The van der Waals surface area contributed by atoms with Gasteiger partial charge in [-0.25, -0.2) is 0 Å². The van der Waals surface area contributed by atoms with E-state index in [1.807, 2.05) is 19.1 Å². The number of fused-ring (bicyclic) bond motifs is 1. The fraction of sp³-hybridized carbons (Fsp3) is 0.353. The smallest absolute Gasteiger partial charge is 0.239 e. The Kier molecular flexibility index (Phi) is 3.69. The van der Waals surface area contributed by atoms with Gasteiger partial charge in [-0.3, -0.25) is 0 Å². The molecule has 1 aliphatic rings. The maximum atomic E-state index is 5.93. The van der Waals surface area contributed by atoms with E-state index in [2.05, 4.69) is 41.1 Å². The molecule has 0 saturated heterocycles. The number of nitrogens with zero attached hydrogens (tertiary/aromatic N) is 2. The molecule has 21 heavy (non-hydrogen) atoms. The Morgan fingerprint density at radius 1 is 1.29 bits per heavy atom. The first kappa shape index (κ1) is 13.7. The van der Waals surface area contributed by atoms with Crippen molar-refractivity contribution in [1.29, 1.82) is 0 Å². The summed E-state index contributed by atoms with van der Waals surface area (Å²) in [6.07, 6.45) is 2.23. The highest BCUT2D eigenvalue weighted by molar-refractivity contribution is 5.68. The minimum absolute atomic E-state index is 0.408. The van der Waals surface area contributed by atoms with Gasteiger partial charge in [0, 0.05) is 11.7 Å². The van der Waals surface area contributed by atoms with Crippen LogP contribution in [0.2, 0.25) is 0 Å². The van der Waals surface area contributed by atoms with E-state index in [0.29, 0.717) is 24.2 Å². The standard InChI is InChI=1S/C17H21N3O/c1-3-21-17-14(18)10-11-16(19-17)20-12(2)8-9-13-6-4-5-7-15(13)20/h4-7,10-12H,3,8-9,18H2,1-2H3. The Morgan fingerprint density at radius 2 is 2.10 bits per heavy atom. The van der Waals surface area contributed by atoms with Crippen LogP contribution in [-0.4, -0.2) is 17.6 Å². The molecule has 1 atom stereocenters. The Labute approximate surface area is 125 Å². The molecule has 0 bridgehead atoms. The van der Waals surface area contributed by atoms with Crippen molar-refractivity contribution in [3.05, 3.63) is 42.0 Å². The Balaban J connectivity index is 2.05. The molecule has 0 spiro atoms. The lowest BCUT2D eigenvalue weighted by molar-refractivity contribution is 0.329. The topological polar surface area (TPSA) is 51.4 Å². The second kappa shape index (κ2) is 5.64. The fourth-order valence-corrected chi connectivity index (χ4v) is 2.87. The number of hydrogen-bond donors (Lipinski definition) is 1. The van der Waals surface area contributed by atoms with Gasteiger partial charge < -0.3 is 15.4 Å². The number of benzene rings is 1. The van der Waals surface area contributed by atoms with Crippen molar-refractivity contribution >= 4 is 17.2 Å². The van der Waals surface area contributed by atoms with Crippen LogP contribution in [0.5, 0.6) is 5.88 Å². The Hall–Kier alpha value is -2.23. The van der Waals surface area contributed by atoms with E-state index in [9.17, 15) is 0 Å². The average Bonchev–Trinajstić information content (AvgIpc) is 2.50. The van der Waals surface area contributed by atoms with Crippen molar-refractivity contribution in [3.63, 3.8) is 0 Å². The zero-order valence-electron chi connectivity index (χ0n) is 12.5. The van der Waals surface area contributed by atoms with Gasteiger partial charge in [-0.05, 0) is 50.5 Å². The van der Waals surface area contributed by atoms with Crippen LogP contribution in [0.4, 0.5) is 17.2 Å². The summed E-state index contributed by atoms with van der Waals surface area (Å²) in [6.45, 7) is 4.73. The minimum atomic E-state index is 0.408. The third-order valence-corrected chi connectivity index (χ3v) is 3.93. The van der Waals surface area contributed by atoms with Crippen LogP contribution < -0.4 is 15.4 Å². The molecule has 1 aromatic carbocycles. The Morgan fingerprint density at radius 3 is 2.90 bits per heavy atom. The van der Waals surface area contributed by atoms with E-state index in [0.717, 1.165) is 18.7 Å². The van der Waals surface area contributed by atoms with E-state index in [1.54, 1.807) is 0 Å². The van der Waals surface area contributed by atoms with Gasteiger partial charge in [-0.2, -0.15) is 4.98 Å². The van der Waals surface area contributed by atoms with Crippen LogP contribution in [0.3, 0.4) is 0 Å². The summed E-state index contributed by atoms with van der Waals surface area (Å²) in [4.78, 5) is 6.89. The zero-order chi connectivity index (χ0) is 14.8. The summed E-state index contributed by atoms with van der Waals surface area (Å²) in [6, 6.07) is 12.8. The van der Waals surface area contributed by atoms with Gasteiger partial charge in [-0.15, -0.1) is 0 Å². The molecule has 0 fully saturated rings. The van der Waals surface area contributed by atoms with Gasteiger partial charge in [0.15, 0.2) is 0 Å². The van der Waals surface area contributed by atoms with Gasteiger partial charge in [0.1, 0.15) is 5.82 Å². The van der Waals surface area contributed by atoms with E-state index in [4.69, 9.17) is 10.5 Å². The summed E-state index contributed by atoms with van der Waals surface area (Å²) in [7, 11) is 0. The van der Waals surface area contributed by atoms with Crippen LogP contribution in [0.15, 0.2) is 36.4 Å². The molecule has 4 heteroatoms. The summed E-state index contributed by atoms with van der Waals surface area (Å²) < 4.78 is 5.53. The number of pyridine rings is 1. The van der Waals surface area contributed by atoms with E-state index in [-0.39, 0.29) is 0 Å². The number of ether oxygens (including phenoxy) is 1. The summed E-state index contributed by atoms with van der Waals surface area (Å²) in [5.74, 6) is 1.41. The van der Waals surface area contributed by atoms with Gasteiger partial charge in [-0.1, -0.05) is 18.2 Å². The normalized spacial score (nSPS) is 17.4. The van der Waals surface area contributed by atoms with Crippen molar-refractivity contribution in [2.75, 3.05) is 17.2 Å². The number of aromatic nitrogens is 1. The molecule has 1 aliphatic heterocycles. The molecule has 2 heterocycles. The van der Waals surface area contributed by atoms with Crippen molar-refractivity contribution in [3.8, 4) is 5.88 Å². The first-order valence-electron chi connectivity index (χ1n) is 7.47. The number of aryl methyl sites for hydroxylation is 1. The minimum Gasteiger partial charge on any atom is -0.476 e. The molecule has 1 aromatic heterocycles. The molecule has 110 valence electrons. The van der Waals surface area contributed by atoms with Crippen LogP contribution in [-0.2, 0) is 6.42 Å². The molecule has 4 nitrogen and oxygen atoms in total. The van der Waals surface area contributed by atoms with E-state index in [1.165, 1.54) is 11.3 Å². The number of hydrogen-bond acceptors (Lipinski definition) is 4. The molecule has 0 amide bonds. The second-order valence-electron chi connectivity index (χ2n) is 5.38. The molecular weight excluding hydrogens is 262 g/mol. The highest BCUT2D eigenvalue weighted by Gasteiger charge is 2.25. The van der Waals surface area contributed by atoms with Crippen molar-refractivity contribution in [2.45, 2.75) is 32.7 Å². The quantitative estimate of drug-likeness (QED) is 0.936. The monoisotopic (exact) mass is 283 g/mol. The molecule has 0 aliphatic carbocycles. The zero-order valence-corrected chi connectivity index (χ0v) is 12.5. The molecule has 1 unspecified atom stereocenters. The highest BCUT2D eigenvalue weighted by atomic mass is 16.5. The highest BCUT2D eigenvalue weighted by Crippen LogP contribution is 2.37. The molecule has 2 aromatic rings. The van der Waals surface area contributed by atoms with Gasteiger partial charge in [0.25, 0.3) is 0 Å². The molecule has 0 saturated carbocycles. The summed E-state index contributed by atoms with van der Waals surface area (Å²) >= 11 is 0. The lowest BCUT2D eigenvalue weighted by atomic mass is 9.96. The SMILES string of the molecule is CCOc1nc(N2c3ccccc3CCC2C)ccc1N. The van der Waals surface area contributed by atoms with Crippen LogP contribution in [0, 0.1) is 0 Å². The average molecular weight is 283 g/mol. The van der Waals surface area contributed by atoms with Crippen LogP contribution in [0.1, 0.15) is 25.8 Å². The maximum absolute atomic E-state index is 5.93.